The van der Waals surface area contributed by atoms with E-state index in [9.17, 15) is 0 Å². The summed E-state index contributed by atoms with van der Waals surface area (Å²) in [5.74, 6) is 0.0203. The van der Waals surface area contributed by atoms with Gasteiger partial charge in [0.15, 0.2) is 12.0 Å². The van der Waals surface area contributed by atoms with Crippen LogP contribution in [0, 0.1) is 0 Å². The number of hydrogen-bond acceptors (Lipinski definition) is 4. The Balaban J connectivity index is 2.62. The number of methoxy groups -OCH3 is 1. The Morgan fingerprint density at radius 3 is 2.09 bits per heavy atom. The summed E-state index contributed by atoms with van der Waals surface area (Å²) < 4.78 is 1.33. The molecule has 10 heteroatoms. The fourth-order valence-corrected chi connectivity index (χ4v) is 2.66. The molecule has 22 heavy (non-hydrogen) atoms. The van der Waals surface area contributed by atoms with Crippen LogP contribution in [0.15, 0.2) is 40.3 Å². The van der Waals surface area contributed by atoms with Crippen LogP contribution >= 0.6 is 69.6 Å². The van der Waals surface area contributed by atoms with Gasteiger partial charge in [0.2, 0.25) is 7.59 Å². The lowest BCUT2D eigenvalue weighted by molar-refractivity contribution is 0.388. The van der Waals surface area contributed by atoms with E-state index in [4.69, 9.17) is 74.3 Å². The van der Waals surface area contributed by atoms with Gasteiger partial charge >= 0.3 is 6.02 Å². The number of para-hydroxylation sites is 1. The first-order chi connectivity index (χ1) is 10.1. The van der Waals surface area contributed by atoms with E-state index in [1.54, 1.807) is 24.3 Å². The molecular formula is C12H9Cl6N3O. The lowest BCUT2D eigenvalue weighted by atomic mass is 10.2. The van der Waals surface area contributed by atoms with E-state index in [2.05, 4.69) is 9.98 Å². The molecule has 1 aliphatic rings. The third-order valence-electron chi connectivity index (χ3n) is 2.67. The van der Waals surface area contributed by atoms with Crippen molar-refractivity contribution in [2.24, 2.45) is 9.98 Å². The summed E-state index contributed by atoms with van der Waals surface area (Å²) in [5, 5.41) is 0. The van der Waals surface area contributed by atoms with Gasteiger partial charge in [-0.05, 0) is 12.1 Å². The summed E-state index contributed by atoms with van der Waals surface area (Å²) in [6.45, 7) is 0. The molecule has 0 spiro atoms. The third-order valence-corrected chi connectivity index (χ3v) is 3.76. The monoisotopic (exact) mass is 421 g/mol. The highest BCUT2D eigenvalue weighted by atomic mass is 35.6. The molecule has 0 saturated carbocycles. The molecule has 1 heterocycles. The second-order valence-electron chi connectivity index (χ2n) is 4.17. The normalized spacial score (nSPS) is 19.6. The van der Waals surface area contributed by atoms with E-state index in [-0.39, 0.29) is 11.9 Å². The maximum atomic E-state index is 6.04. The molecule has 1 aromatic rings. The summed E-state index contributed by atoms with van der Waals surface area (Å²) in [4.78, 5) is 9.69. The number of ether oxygens (including phenoxy) is 1. The highest BCUT2D eigenvalue weighted by Gasteiger charge is 2.47. The zero-order valence-corrected chi connectivity index (χ0v) is 15.5. The van der Waals surface area contributed by atoms with Crippen molar-refractivity contribution in [3.8, 4) is 0 Å². The molecule has 4 nitrogen and oxygen atoms in total. The molecular weight excluding hydrogens is 415 g/mol. The van der Waals surface area contributed by atoms with Crippen molar-refractivity contribution in [3.05, 3.63) is 30.3 Å². The second kappa shape index (κ2) is 6.80. The number of halogens is 6. The van der Waals surface area contributed by atoms with Gasteiger partial charge in [-0.15, -0.1) is 0 Å². The number of aliphatic imine (C=N–C) groups is 2. The first-order valence-electron chi connectivity index (χ1n) is 5.83. The van der Waals surface area contributed by atoms with Crippen LogP contribution in [0.3, 0.4) is 0 Å². The minimum Gasteiger partial charge on any atom is -0.467 e. The number of rotatable bonds is 1. The molecule has 2 rings (SSSR count). The van der Waals surface area contributed by atoms with Gasteiger partial charge < -0.3 is 4.74 Å². The Kier molecular flexibility index (Phi) is 5.63. The van der Waals surface area contributed by atoms with Gasteiger partial charge in [0.05, 0.1) is 7.11 Å². The summed E-state index contributed by atoms with van der Waals surface area (Å²) in [6, 6.07) is 8.86. The van der Waals surface area contributed by atoms with Crippen molar-refractivity contribution in [2.75, 3.05) is 12.0 Å². The van der Waals surface area contributed by atoms with Gasteiger partial charge in [0.25, 0.3) is 0 Å². The van der Waals surface area contributed by atoms with E-state index in [1.807, 2.05) is 6.07 Å². The Bertz CT molecular complexity index is 593. The molecule has 1 atom stereocenters. The molecule has 1 aromatic carbocycles. The third kappa shape index (κ3) is 4.05. The van der Waals surface area contributed by atoms with Crippen LogP contribution in [-0.4, -0.2) is 32.7 Å². The average molecular weight is 424 g/mol. The molecule has 0 N–H and O–H groups in total. The molecule has 0 bridgehead atoms. The minimum atomic E-state index is -1.87. The van der Waals surface area contributed by atoms with Gasteiger partial charge in [-0.2, -0.15) is 4.99 Å². The van der Waals surface area contributed by atoms with Gasteiger partial charge in [0, 0.05) is 5.69 Å². The molecule has 0 saturated heterocycles. The number of nitrogens with zero attached hydrogens (tertiary/aromatic N) is 3. The molecule has 0 radical (unpaired) electrons. The first-order valence-corrected chi connectivity index (χ1v) is 8.10. The molecule has 120 valence electrons. The maximum absolute atomic E-state index is 6.04. The molecule has 0 aromatic heterocycles. The van der Waals surface area contributed by atoms with Crippen molar-refractivity contribution in [2.45, 2.75) is 13.8 Å². The Hall–Kier alpha value is -0.100. The minimum absolute atomic E-state index is 0.0203. The van der Waals surface area contributed by atoms with Gasteiger partial charge in [-0.25, -0.2) is 4.99 Å². The van der Waals surface area contributed by atoms with Gasteiger partial charge in [-0.1, -0.05) is 87.8 Å². The van der Waals surface area contributed by atoms with Crippen LogP contribution in [0.4, 0.5) is 5.69 Å². The molecule has 0 amide bonds. The largest absolute Gasteiger partial charge is 0.467 e. The summed E-state index contributed by atoms with van der Waals surface area (Å²) in [6.07, 6.45) is -1.02. The van der Waals surface area contributed by atoms with E-state index >= 15 is 0 Å². The van der Waals surface area contributed by atoms with Crippen LogP contribution in [0.5, 0.6) is 0 Å². The zero-order chi connectivity index (χ0) is 16.5. The number of hydrogen-bond donors (Lipinski definition) is 0. The van der Waals surface area contributed by atoms with Gasteiger partial charge in [-0.3, -0.25) is 4.90 Å². The summed E-state index contributed by atoms with van der Waals surface area (Å²) in [5.41, 5.74) is 0.600. The van der Waals surface area contributed by atoms with Crippen LogP contribution < -0.4 is 4.90 Å². The lowest BCUT2D eigenvalue weighted by Crippen LogP contribution is -2.53. The fraction of sp³-hybridized carbons (Fsp3) is 0.333. The average Bonchev–Trinajstić information content (AvgIpc) is 2.45. The SMILES string of the molecule is COC1=NC(C(Cl)(Cl)Cl)N(c2ccccc2)C(C(Cl)(Cl)Cl)=N1. The smallest absolute Gasteiger partial charge is 0.315 e. The highest BCUT2D eigenvalue weighted by molar-refractivity contribution is 6.78. The molecule has 0 aliphatic carbocycles. The van der Waals surface area contributed by atoms with Crippen LogP contribution in [0.2, 0.25) is 0 Å². The molecule has 1 aliphatic heterocycles. The number of anilines is 1. The molecule has 1 unspecified atom stereocenters. The first kappa shape index (κ1) is 18.2. The van der Waals surface area contributed by atoms with Crippen molar-refractivity contribution in [1.29, 1.82) is 0 Å². The van der Waals surface area contributed by atoms with Crippen LogP contribution in [-0.2, 0) is 4.74 Å². The lowest BCUT2D eigenvalue weighted by Gasteiger charge is -2.39. The number of benzene rings is 1. The van der Waals surface area contributed by atoms with Crippen molar-refractivity contribution < 1.29 is 4.74 Å². The van der Waals surface area contributed by atoms with Crippen molar-refractivity contribution in [1.82, 2.24) is 0 Å². The van der Waals surface area contributed by atoms with E-state index < -0.39 is 13.8 Å². The Morgan fingerprint density at radius 2 is 1.64 bits per heavy atom. The van der Waals surface area contributed by atoms with E-state index in [0.717, 1.165) is 0 Å². The van der Waals surface area contributed by atoms with Crippen molar-refractivity contribution >= 4 is 87.2 Å². The van der Waals surface area contributed by atoms with E-state index in [1.165, 1.54) is 12.0 Å². The zero-order valence-electron chi connectivity index (χ0n) is 11.0. The molecule has 0 fully saturated rings. The Labute approximate surface area is 157 Å². The quantitative estimate of drug-likeness (QED) is 0.598. The predicted molar refractivity (Wildman–Crippen MR) is 95.2 cm³/mol. The van der Waals surface area contributed by atoms with Crippen LogP contribution in [0.1, 0.15) is 0 Å². The highest BCUT2D eigenvalue weighted by Crippen LogP contribution is 2.42. The summed E-state index contributed by atoms with van der Waals surface area (Å²) in [7, 11) is 1.37. The Morgan fingerprint density at radius 1 is 1.05 bits per heavy atom. The fourth-order valence-electron chi connectivity index (χ4n) is 1.82. The van der Waals surface area contributed by atoms with E-state index in [0.29, 0.717) is 5.69 Å². The van der Waals surface area contributed by atoms with Gasteiger partial charge in [0.1, 0.15) is 0 Å². The van der Waals surface area contributed by atoms with Crippen LogP contribution in [0.25, 0.3) is 0 Å². The number of amidine groups is 2. The second-order valence-corrected chi connectivity index (χ2v) is 8.82. The summed E-state index contributed by atoms with van der Waals surface area (Å²) >= 11 is 36.1. The topological polar surface area (TPSA) is 37.2 Å². The van der Waals surface area contributed by atoms with Crippen molar-refractivity contribution in [3.63, 3.8) is 0 Å². The number of alkyl halides is 6. The standard InChI is InChI=1S/C12H9Cl6N3O/c1-22-10-19-8(11(13,14)15)21(7-5-3-2-4-6-7)9(20-10)12(16,17)18/h2-6,8H,1H3. The predicted octanol–water partition coefficient (Wildman–Crippen LogP) is 4.97. The maximum Gasteiger partial charge on any atom is 0.315 e.